The summed E-state index contributed by atoms with van der Waals surface area (Å²) in [6.07, 6.45) is 1.26. The van der Waals surface area contributed by atoms with Gasteiger partial charge in [0.05, 0.1) is 5.69 Å². The molecule has 0 atom stereocenters. The molecule has 0 saturated heterocycles. The first-order valence-electron chi connectivity index (χ1n) is 5.90. The zero-order chi connectivity index (χ0) is 15.8. The highest BCUT2D eigenvalue weighted by Gasteiger charge is 2.21. The molecule has 0 aliphatic carbocycles. The monoisotopic (exact) mass is 372 g/mol. The third kappa shape index (κ3) is 3.11. The van der Waals surface area contributed by atoms with E-state index in [1.54, 1.807) is 12.1 Å². The van der Waals surface area contributed by atoms with Crippen LogP contribution >= 0.6 is 15.9 Å². The molecular weight excluding hydrogens is 360 g/mol. The number of sulfonamides is 1. The van der Waals surface area contributed by atoms with Gasteiger partial charge in [-0.1, -0.05) is 12.1 Å². The van der Waals surface area contributed by atoms with Crippen molar-refractivity contribution < 1.29 is 18.3 Å². The minimum Gasteiger partial charge on any atom is -0.477 e. The standard InChI is InChI=1S/C13H13BrN2O4S/c1-8-4-3-5-10(12(8)14)15-21(19,20)9-6-11(13(17)18)16(2)7-9/h3-7,15H,1-2H3,(H,17,18). The van der Waals surface area contributed by atoms with Gasteiger partial charge in [0.15, 0.2) is 0 Å². The second-order valence-electron chi connectivity index (χ2n) is 4.52. The Bertz CT molecular complexity index is 812. The molecule has 2 N–H and O–H groups in total. The maximum Gasteiger partial charge on any atom is 0.352 e. The minimum absolute atomic E-state index is 0.0984. The molecule has 0 amide bonds. The fourth-order valence-corrected chi connectivity index (χ4v) is 3.46. The third-order valence-corrected chi connectivity index (χ3v) is 5.33. The van der Waals surface area contributed by atoms with Crippen LogP contribution in [0.5, 0.6) is 0 Å². The van der Waals surface area contributed by atoms with E-state index in [0.717, 1.165) is 11.6 Å². The Morgan fingerprint density at radius 3 is 2.62 bits per heavy atom. The van der Waals surface area contributed by atoms with Gasteiger partial charge in [-0.2, -0.15) is 0 Å². The molecule has 0 fully saturated rings. The van der Waals surface area contributed by atoms with E-state index in [2.05, 4.69) is 20.7 Å². The van der Waals surface area contributed by atoms with Crippen LogP contribution < -0.4 is 4.72 Å². The number of carboxylic acid groups (broad SMARTS) is 1. The maximum atomic E-state index is 12.3. The van der Waals surface area contributed by atoms with Gasteiger partial charge in [-0.15, -0.1) is 0 Å². The molecular formula is C13H13BrN2O4S. The number of halogens is 1. The van der Waals surface area contributed by atoms with Gasteiger partial charge in [0.1, 0.15) is 10.6 Å². The normalized spacial score (nSPS) is 11.4. The van der Waals surface area contributed by atoms with Crippen LogP contribution in [0.1, 0.15) is 16.1 Å². The average Bonchev–Trinajstić information content (AvgIpc) is 2.78. The Morgan fingerprint density at radius 2 is 2.05 bits per heavy atom. The summed E-state index contributed by atoms with van der Waals surface area (Å²) in [7, 11) is -2.37. The SMILES string of the molecule is Cc1cccc(NS(=O)(=O)c2cc(C(=O)O)n(C)c2)c1Br. The molecule has 2 aromatic rings. The van der Waals surface area contributed by atoms with E-state index in [9.17, 15) is 13.2 Å². The van der Waals surface area contributed by atoms with Crippen molar-refractivity contribution in [3.63, 3.8) is 0 Å². The zero-order valence-electron chi connectivity index (χ0n) is 11.3. The number of carbonyl (C=O) groups is 1. The summed E-state index contributed by atoms with van der Waals surface area (Å²) in [4.78, 5) is 10.9. The Kier molecular flexibility index (Phi) is 4.11. The molecule has 0 saturated carbocycles. The summed E-state index contributed by atoms with van der Waals surface area (Å²) in [5.41, 5.74) is 1.18. The molecule has 0 radical (unpaired) electrons. The van der Waals surface area contributed by atoms with Crippen LogP contribution in [0.2, 0.25) is 0 Å². The molecule has 1 aromatic carbocycles. The summed E-state index contributed by atoms with van der Waals surface area (Å²) in [5.74, 6) is -1.18. The molecule has 1 heterocycles. The predicted molar refractivity (Wildman–Crippen MR) is 82.1 cm³/mol. The lowest BCUT2D eigenvalue weighted by molar-refractivity contribution is 0.0686. The first-order chi connectivity index (χ1) is 9.72. The van der Waals surface area contributed by atoms with E-state index in [1.165, 1.54) is 17.8 Å². The van der Waals surface area contributed by atoms with E-state index in [-0.39, 0.29) is 10.6 Å². The maximum absolute atomic E-state index is 12.3. The molecule has 112 valence electrons. The minimum atomic E-state index is -3.85. The molecule has 6 nitrogen and oxygen atoms in total. The first kappa shape index (κ1) is 15.6. The molecule has 2 rings (SSSR count). The lowest BCUT2D eigenvalue weighted by Crippen LogP contribution is -2.12. The number of benzene rings is 1. The van der Waals surface area contributed by atoms with Crippen molar-refractivity contribution in [2.75, 3.05) is 4.72 Å². The van der Waals surface area contributed by atoms with Crippen LogP contribution in [0.3, 0.4) is 0 Å². The average molecular weight is 373 g/mol. The second kappa shape index (κ2) is 5.53. The number of aromatic carboxylic acids is 1. The lowest BCUT2D eigenvalue weighted by atomic mass is 10.2. The van der Waals surface area contributed by atoms with Crippen molar-refractivity contribution in [2.24, 2.45) is 7.05 Å². The molecule has 0 spiro atoms. The van der Waals surface area contributed by atoms with E-state index in [0.29, 0.717) is 10.2 Å². The van der Waals surface area contributed by atoms with Crippen molar-refractivity contribution in [3.05, 3.63) is 46.2 Å². The van der Waals surface area contributed by atoms with Gasteiger partial charge in [0.2, 0.25) is 0 Å². The molecule has 0 aliphatic rings. The van der Waals surface area contributed by atoms with Crippen LogP contribution in [0, 0.1) is 6.92 Å². The fourth-order valence-electron chi connectivity index (χ4n) is 1.82. The van der Waals surface area contributed by atoms with Crippen molar-refractivity contribution in [1.29, 1.82) is 0 Å². The van der Waals surface area contributed by atoms with Crippen LogP contribution in [-0.2, 0) is 17.1 Å². The summed E-state index contributed by atoms with van der Waals surface area (Å²) in [6.45, 7) is 1.84. The van der Waals surface area contributed by atoms with Gasteiger partial charge in [-0.05, 0) is 40.5 Å². The largest absolute Gasteiger partial charge is 0.477 e. The van der Waals surface area contributed by atoms with E-state index in [4.69, 9.17) is 5.11 Å². The fraction of sp³-hybridized carbons (Fsp3) is 0.154. The molecule has 0 unspecified atom stereocenters. The number of rotatable bonds is 4. The Hall–Kier alpha value is -1.80. The first-order valence-corrected chi connectivity index (χ1v) is 8.17. The number of anilines is 1. The highest BCUT2D eigenvalue weighted by Crippen LogP contribution is 2.28. The lowest BCUT2D eigenvalue weighted by Gasteiger charge is -2.09. The van der Waals surface area contributed by atoms with Crippen molar-refractivity contribution in [1.82, 2.24) is 4.57 Å². The van der Waals surface area contributed by atoms with Gasteiger partial charge in [0.25, 0.3) is 10.0 Å². The van der Waals surface area contributed by atoms with Crippen LogP contribution in [0.25, 0.3) is 0 Å². The summed E-state index contributed by atoms with van der Waals surface area (Å²) in [6, 6.07) is 6.31. The quantitative estimate of drug-likeness (QED) is 0.862. The topological polar surface area (TPSA) is 88.4 Å². The predicted octanol–water partition coefficient (Wildman–Crippen LogP) is 2.60. The van der Waals surface area contributed by atoms with Crippen molar-refractivity contribution in [3.8, 4) is 0 Å². The van der Waals surface area contributed by atoms with E-state index >= 15 is 0 Å². The van der Waals surface area contributed by atoms with Gasteiger partial charge in [0, 0.05) is 17.7 Å². The van der Waals surface area contributed by atoms with Gasteiger partial charge < -0.3 is 9.67 Å². The Morgan fingerprint density at radius 1 is 1.38 bits per heavy atom. The van der Waals surface area contributed by atoms with Crippen molar-refractivity contribution in [2.45, 2.75) is 11.8 Å². The highest BCUT2D eigenvalue weighted by molar-refractivity contribution is 9.10. The number of carboxylic acids is 1. The molecule has 0 bridgehead atoms. The van der Waals surface area contributed by atoms with Crippen LogP contribution in [0.15, 0.2) is 39.8 Å². The highest BCUT2D eigenvalue weighted by atomic mass is 79.9. The zero-order valence-corrected chi connectivity index (χ0v) is 13.7. The number of nitrogens with one attached hydrogen (secondary N) is 1. The van der Waals surface area contributed by atoms with Gasteiger partial charge in [-0.3, -0.25) is 4.72 Å². The summed E-state index contributed by atoms with van der Waals surface area (Å²) < 4.78 is 29.0. The summed E-state index contributed by atoms with van der Waals surface area (Å²) >= 11 is 3.32. The number of nitrogens with zero attached hydrogens (tertiary/aromatic N) is 1. The number of aryl methyl sites for hydroxylation is 2. The number of aromatic nitrogens is 1. The van der Waals surface area contributed by atoms with E-state index in [1.807, 2.05) is 13.0 Å². The number of hydrogen-bond acceptors (Lipinski definition) is 3. The molecule has 0 aliphatic heterocycles. The molecule has 21 heavy (non-hydrogen) atoms. The van der Waals surface area contributed by atoms with Crippen LogP contribution in [0.4, 0.5) is 5.69 Å². The van der Waals surface area contributed by atoms with E-state index < -0.39 is 16.0 Å². The van der Waals surface area contributed by atoms with Gasteiger partial charge >= 0.3 is 5.97 Å². The van der Waals surface area contributed by atoms with Crippen molar-refractivity contribution >= 4 is 37.6 Å². The van der Waals surface area contributed by atoms with Gasteiger partial charge in [-0.25, -0.2) is 13.2 Å². The molecule has 1 aromatic heterocycles. The molecule has 8 heteroatoms. The summed E-state index contributed by atoms with van der Waals surface area (Å²) in [5, 5.41) is 8.97. The third-order valence-electron chi connectivity index (χ3n) is 2.95. The number of hydrogen-bond donors (Lipinski definition) is 2. The Labute approximate surface area is 130 Å². The smallest absolute Gasteiger partial charge is 0.352 e. The Balaban J connectivity index is 2.41. The van der Waals surface area contributed by atoms with Crippen LogP contribution in [-0.4, -0.2) is 24.1 Å². The second-order valence-corrected chi connectivity index (χ2v) is 6.99.